The average Bonchev–Trinajstić information content (AvgIpc) is 3.40. The summed E-state index contributed by atoms with van der Waals surface area (Å²) < 4.78 is 18.9. The highest BCUT2D eigenvalue weighted by molar-refractivity contribution is 5.81. The summed E-state index contributed by atoms with van der Waals surface area (Å²) in [7, 11) is 1.73. The minimum Gasteiger partial charge on any atom is -0.460 e. The van der Waals surface area contributed by atoms with E-state index in [1.54, 1.807) is 7.11 Å². The van der Waals surface area contributed by atoms with Crippen molar-refractivity contribution in [3.8, 4) is 0 Å². The van der Waals surface area contributed by atoms with Crippen LogP contribution in [0.3, 0.4) is 0 Å². The summed E-state index contributed by atoms with van der Waals surface area (Å²) in [5.74, 6) is 0.541. The van der Waals surface area contributed by atoms with E-state index < -0.39 is 11.7 Å². The molecule has 1 aliphatic rings. The number of fused-ring (bicyclic) bond motifs is 1. The Hall–Kier alpha value is -2.54. The summed E-state index contributed by atoms with van der Waals surface area (Å²) in [5, 5.41) is 4.31. The number of nitrogens with zero attached hydrogens (tertiary/aromatic N) is 1. The summed E-state index contributed by atoms with van der Waals surface area (Å²) in [4.78, 5) is 25.4. The smallest absolute Gasteiger partial charge is 0.408 e. The van der Waals surface area contributed by atoms with Crippen LogP contribution in [0.2, 0.25) is 0 Å². The van der Waals surface area contributed by atoms with Gasteiger partial charge in [-0.15, -0.1) is 0 Å². The monoisotopic (exact) mass is 528 g/mol. The lowest BCUT2D eigenvalue weighted by molar-refractivity contribution is -0.146. The number of carbonyl (C=O) groups excluding carboxylic acids is 2. The number of rotatable bonds is 12. The van der Waals surface area contributed by atoms with Gasteiger partial charge in [0.2, 0.25) is 0 Å². The predicted molar refractivity (Wildman–Crippen MR) is 151 cm³/mol. The van der Waals surface area contributed by atoms with Crippen molar-refractivity contribution in [2.24, 2.45) is 23.7 Å². The first-order valence-corrected chi connectivity index (χ1v) is 14.1. The first-order chi connectivity index (χ1) is 17.9. The van der Waals surface area contributed by atoms with Crippen LogP contribution in [-0.4, -0.2) is 48.1 Å². The number of esters is 1. The maximum atomic E-state index is 12.8. The molecule has 1 fully saturated rings. The van der Waals surface area contributed by atoms with Crippen molar-refractivity contribution in [1.29, 1.82) is 0 Å². The van der Waals surface area contributed by atoms with Gasteiger partial charge in [0.25, 0.3) is 0 Å². The lowest BCUT2D eigenvalue weighted by atomic mass is 9.81. The summed E-state index contributed by atoms with van der Waals surface area (Å²) >= 11 is 0. The van der Waals surface area contributed by atoms with Crippen molar-refractivity contribution in [2.45, 2.75) is 98.4 Å². The van der Waals surface area contributed by atoms with Crippen molar-refractivity contribution in [3.05, 3.63) is 36.0 Å². The van der Waals surface area contributed by atoms with E-state index in [0.29, 0.717) is 18.8 Å². The number of amides is 1. The highest BCUT2D eigenvalue weighted by Crippen LogP contribution is 2.33. The number of aromatic nitrogens is 1. The van der Waals surface area contributed by atoms with Gasteiger partial charge in [-0.3, -0.25) is 4.79 Å². The van der Waals surface area contributed by atoms with Crippen molar-refractivity contribution in [1.82, 2.24) is 9.88 Å². The maximum absolute atomic E-state index is 12.8. The molecule has 1 aliphatic heterocycles. The summed E-state index contributed by atoms with van der Waals surface area (Å²) in [6, 6.07) is 8.53. The Labute approximate surface area is 228 Å². The number of hydrogen-bond acceptors (Lipinski definition) is 5. The second-order valence-corrected chi connectivity index (χ2v) is 12.5. The van der Waals surface area contributed by atoms with Gasteiger partial charge in [0.1, 0.15) is 11.7 Å². The average molecular weight is 529 g/mol. The molecule has 0 bridgehead atoms. The molecule has 1 N–H and O–H groups in total. The molecule has 0 spiro atoms. The van der Waals surface area contributed by atoms with E-state index in [0.717, 1.165) is 26.0 Å². The van der Waals surface area contributed by atoms with Crippen molar-refractivity contribution in [2.75, 3.05) is 13.7 Å². The molecule has 1 aromatic carbocycles. The maximum Gasteiger partial charge on any atom is 0.408 e. The Balaban J connectivity index is 1.80. The van der Waals surface area contributed by atoms with Gasteiger partial charge >= 0.3 is 12.1 Å². The van der Waals surface area contributed by atoms with E-state index in [1.807, 2.05) is 34.6 Å². The Kier molecular flexibility index (Phi) is 10.3. The molecule has 7 heteroatoms. The van der Waals surface area contributed by atoms with Gasteiger partial charge < -0.3 is 24.1 Å². The fraction of sp³-hybridized carbons (Fsp3) is 0.677. The molecule has 0 saturated carbocycles. The highest BCUT2D eigenvalue weighted by atomic mass is 16.6. The lowest BCUT2D eigenvalue weighted by Crippen LogP contribution is -2.47. The summed E-state index contributed by atoms with van der Waals surface area (Å²) in [5.41, 5.74) is 1.89. The van der Waals surface area contributed by atoms with Crippen molar-refractivity contribution in [3.63, 3.8) is 0 Å². The normalized spacial score (nSPS) is 19.7. The van der Waals surface area contributed by atoms with Crippen molar-refractivity contribution < 1.29 is 23.8 Å². The number of hydrogen-bond donors (Lipinski definition) is 1. The molecule has 1 amide bonds. The molecule has 2 heterocycles. The number of benzene rings is 1. The number of aryl methyl sites for hydroxylation is 1. The first kappa shape index (κ1) is 30.0. The van der Waals surface area contributed by atoms with E-state index in [9.17, 15) is 9.59 Å². The standard InChI is InChI=1S/C31H48N2O5/c1-20(2)24(16-22-10-11-23-12-14-33(27(23)17-22)13-9-15-36-8)18-26(32-30(35)38-31(5,6)7)28-19-25(21(3)4)29(34)37-28/h10-12,14,17,20-21,24-26,28H,9,13,15-16,18-19H2,1-8H3,(H,32,35)/t24-,25+,26+,28?/m1/s1. The molecular formula is C31H48N2O5. The van der Waals surface area contributed by atoms with Crippen LogP contribution in [0.5, 0.6) is 0 Å². The minimum absolute atomic E-state index is 0.145. The van der Waals surface area contributed by atoms with Crippen LogP contribution in [0.1, 0.15) is 73.3 Å². The second kappa shape index (κ2) is 13.0. The first-order valence-electron chi connectivity index (χ1n) is 14.1. The van der Waals surface area contributed by atoms with E-state index >= 15 is 0 Å². The third-order valence-electron chi connectivity index (χ3n) is 7.60. The van der Waals surface area contributed by atoms with Gasteiger partial charge in [-0.25, -0.2) is 4.79 Å². The molecule has 4 atom stereocenters. The fourth-order valence-corrected chi connectivity index (χ4v) is 5.34. The Morgan fingerprint density at radius 2 is 1.92 bits per heavy atom. The topological polar surface area (TPSA) is 78.8 Å². The molecule has 0 radical (unpaired) electrons. The Morgan fingerprint density at radius 1 is 1.18 bits per heavy atom. The van der Waals surface area contributed by atoms with Crippen LogP contribution in [-0.2, 0) is 32.0 Å². The number of ether oxygens (including phenoxy) is 3. The highest BCUT2D eigenvalue weighted by Gasteiger charge is 2.42. The molecule has 1 unspecified atom stereocenters. The van der Waals surface area contributed by atoms with Crippen LogP contribution in [0.25, 0.3) is 10.9 Å². The third-order valence-corrected chi connectivity index (χ3v) is 7.60. The Morgan fingerprint density at radius 3 is 2.53 bits per heavy atom. The zero-order valence-electron chi connectivity index (χ0n) is 24.6. The van der Waals surface area contributed by atoms with E-state index in [2.05, 4.69) is 54.2 Å². The summed E-state index contributed by atoms with van der Waals surface area (Å²) in [6.45, 7) is 15.7. The van der Waals surface area contributed by atoms with Gasteiger partial charge in [-0.1, -0.05) is 39.8 Å². The van der Waals surface area contributed by atoms with Crippen LogP contribution < -0.4 is 5.32 Å². The molecule has 2 aromatic rings. The zero-order chi connectivity index (χ0) is 28.0. The van der Waals surface area contributed by atoms with Crippen LogP contribution in [0, 0.1) is 23.7 Å². The molecule has 3 rings (SSSR count). The minimum atomic E-state index is -0.605. The number of methoxy groups -OCH3 is 1. The van der Waals surface area contributed by atoms with Gasteiger partial charge in [-0.05, 0) is 87.3 Å². The quantitative estimate of drug-likeness (QED) is 0.256. The molecule has 212 valence electrons. The van der Waals surface area contributed by atoms with Crippen LogP contribution >= 0.6 is 0 Å². The number of cyclic esters (lactones) is 1. The van der Waals surface area contributed by atoms with Gasteiger partial charge in [0.05, 0.1) is 12.0 Å². The second-order valence-electron chi connectivity index (χ2n) is 12.5. The largest absolute Gasteiger partial charge is 0.460 e. The van der Waals surface area contributed by atoms with Gasteiger partial charge in [0.15, 0.2) is 0 Å². The van der Waals surface area contributed by atoms with E-state index in [1.165, 1.54) is 16.5 Å². The van der Waals surface area contributed by atoms with E-state index in [4.69, 9.17) is 14.2 Å². The molecule has 0 aliphatic carbocycles. The van der Waals surface area contributed by atoms with Gasteiger partial charge in [0, 0.05) is 32.0 Å². The van der Waals surface area contributed by atoms with E-state index in [-0.39, 0.29) is 35.9 Å². The Bertz CT molecular complexity index is 1070. The zero-order valence-corrected chi connectivity index (χ0v) is 24.6. The molecule has 7 nitrogen and oxygen atoms in total. The molecular weight excluding hydrogens is 480 g/mol. The molecule has 1 aromatic heterocycles. The van der Waals surface area contributed by atoms with Gasteiger partial charge in [-0.2, -0.15) is 0 Å². The molecule has 38 heavy (non-hydrogen) atoms. The molecule has 1 saturated heterocycles. The SMILES string of the molecule is COCCCn1ccc2ccc(C[C@H](C[C@H](NC(=O)OC(C)(C)C)C3C[C@@H](C(C)C)C(=O)O3)C(C)C)cc21. The van der Waals surface area contributed by atoms with Crippen LogP contribution in [0.15, 0.2) is 30.5 Å². The number of carbonyl (C=O) groups is 2. The number of nitrogens with one attached hydrogen (secondary N) is 1. The fourth-order valence-electron chi connectivity index (χ4n) is 5.34. The van der Waals surface area contributed by atoms with Crippen LogP contribution in [0.4, 0.5) is 4.79 Å². The van der Waals surface area contributed by atoms with Crippen molar-refractivity contribution >= 4 is 23.0 Å². The lowest BCUT2D eigenvalue weighted by Gasteiger charge is -2.31. The summed E-state index contributed by atoms with van der Waals surface area (Å²) in [6.07, 6.45) is 4.47. The third kappa shape index (κ3) is 8.23. The predicted octanol–water partition coefficient (Wildman–Crippen LogP) is 6.36. The number of alkyl carbamates (subject to hydrolysis) is 1.